The molecular formula is C21H18Cl4N4O2S. The number of ether oxygens (including phenoxy) is 1. The van der Waals surface area contributed by atoms with Crippen molar-refractivity contribution < 1.29 is 9.53 Å². The zero-order chi connectivity index (χ0) is 23.3. The highest BCUT2D eigenvalue weighted by molar-refractivity contribution is 7.99. The molecule has 0 saturated carbocycles. The smallest absolute Gasteiger partial charge is 0.234 e. The first-order valence-corrected chi connectivity index (χ1v) is 11.8. The topological polar surface area (TPSA) is 69.0 Å². The number of rotatable bonds is 9. The van der Waals surface area contributed by atoms with Crippen LogP contribution in [0.1, 0.15) is 18.9 Å². The average Bonchev–Trinajstić information content (AvgIpc) is 3.13. The molecule has 1 atom stereocenters. The summed E-state index contributed by atoms with van der Waals surface area (Å²) in [5.41, 5.74) is 0.483. The van der Waals surface area contributed by atoms with Crippen LogP contribution in [0.5, 0.6) is 5.75 Å². The standard InChI is InChI=1S/C21H18Cl4N4O2S/c1-3-8-29-20(12(2)31-18-7-5-14(23)10-16(18)25)27-28-21(29)32-11-19(30)26-17-6-4-13(22)9-15(17)24/h3-7,9-10,12H,1,8,11H2,2H3,(H,26,30). The first kappa shape index (κ1) is 24.7. The molecule has 0 fully saturated rings. The van der Waals surface area contributed by atoms with Crippen LogP contribution in [0.2, 0.25) is 20.1 Å². The number of hydrogen-bond donors (Lipinski definition) is 1. The van der Waals surface area contributed by atoms with E-state index in [9.17, 15) is 4.79 Å². The Labute approximate surface area is 209 Å². The van der Waals surface area contributed by atoms with Gasteiger partial charge >= 0.3 is 0 Å². The normalized spacial score (nSPS) is 11.8. The number of nitrogens with one attached hydrogen (secondary N) is 1. The van der Waals surface area contributed by atoms with E-state index < -0.39 is 6.10 Å². The molecule has 0 radical (unpaired) electrons. The lowest BCUT2D eigenvalue weighted by molar-refractivity contribution is -0.113. The Morgan fingerprint density at radius 1 is 1.16 bits per heavy atom. The minimum absolute atomic E-state index is 0.104. The van der Waals surface area contributed by atoms with Gasteiger partial charge < -0.3 is 10.1 Å². The zero-order valence-electron chi connectivity index (χ0n) is 16.8. The van der Waals surface area contributed by atoms with Crippen LogP contribution in [-0.4, -0.2) is 26.4 Å². The maximum Gasteiger partial charge on any atom is 0.234 e. The van der Waals surface area contributed by atoms with Crippen LogP contribution in [0.3, 0.4) is 0 Å². The van der Waals surface area contributed by atoms with Crippen LogP contribution in [0, 0.1) is 0 Å². The zero-order valence-corrected chi connectivity index (χ0v) is 20.7. The Bertz CT molecular complexity index is 1140. The van der Waals surface area contributed by atoms with Crippen molar-refractivity contribution in [1.29, 1.82) is 0 Å². The number of thioether (sulfide) groups is 1. The van der Waals surface area contributed by atoms with Gasteiger partial charge in [-0.1, -0.05) is 64.2 Å². The minimum Gasteiger partial charge on any atom is -0.481 e. The lowest BCUT2D eigenvalue weighted by atomic mass is 10.3. The summed E-state index contributed by atoms with van der Waals surface area (Å²) >= 11 is 25.4. The van der Waals surface area contributed by atoms with Gasteiger partial charge in [0, 0.05) is 16.6 Å². The maximum absolute atomic E-state index is 12.4. The van der Waals surface area contributed by atoms with Crippen molar-refractivity contribution >= 4 is 69.8 Å². The molecule has 11 heteroatoms. The molecule has 0 saturated heterocycles. The number of carbonyl (C=O) groups excluding carboxylic acids is 1. The SMILES string of the molecule is C=CCn1c(SCC(=O)Nc2ccc(Cl)cc2Cl)nnc1C(C)Oc1ccc(Cl)cc1Cl. The second kappa shape index (κ2) is 11.3. The largest absolute Gasteiger partial charge is 0.481 e. The Morgan fingerprint density at radius 3 is 2.50 bits per heavy atom. The third-order valence-corrected chi connectivity index (χ3v) is 6.20. The highest BCUT2D eigenvalue weighted by Gasteiger charge is 2.21. The van der Waals surface area contributed by atoms with E-state index in [0.717, 1.165) is 0 Å². The number of carbonyl (C=O) groups is 1. The molecule has 1 N–H and O–H groups in total. The number of anilines is 1. The summed E-state index contributed by atoms with van der Waals surface area (Å²) in [7, 11) is 0. The van der Waals surface area contributed by atoms with E-state index in [1.807, 2.05) is 11.5 Å². The molecular weight excluding hydrogens is 514 g/mol. The Morgan fingerprint density at radius 2 is 1.84 bits per heavy atom. The van der Waals surface area contributed by atoms with Crippen molar-refractivity contribution in [2.45, 2.75) is 24.7 Å². The van der Waals surface area contributed by atoms with E-state index in [4.69, 9.17) is 51.1 Å². The van der Waals surface area contributed by atoms with Crippen molar-refractivity contribution in [2.75, 3.05) is 11.1 Å². The molecule has 2 aromatic carbocycles. The lowest BCUT2D eigenvalue weighted by Gasteiger charge is -2.16. The van der Waals surface area contributed by atoms with Gasteiger partial charge in [0.1, 0.15) is 5.75 Å². The van der Waals surface area contributed by atoms with Gasteiger partial charge in [-0.15, -0.1) is 16.8 Å². The van der Waals surface area contributed by atoms with E-state index >= 15 is 0 Å². The van der Waals surface area contributed by atoms with Gasteiger partial charge in [0.05, 0.1) is 21.5 Å². The number of benzene rings is 2. The molecule has 0 aliphatic rings. The monoisotopic (exact) mass is 530 g/mol. The Balaban J connectivity index is 1.69. The number of allylic oxidation sites excluding steroid dienone is 1. The van der Waals surface area contributed by atoms with Crippen LogP contribution in [0.4, 0.5) is 5.69 Å². The molecule has 1 aromatic heterocycles. The highest BCUT2D eigenvalue weighted by Crippen LogP contribution is 2.32. The summed E-state index contributed by atoms with van der Waals surface area (Å²) < 4.78 is 7.78. The summed E-state index contributed by atoms with van der Waals surface area (Å²) in [4.78, 5) is 12.4. The number of halogens is 4. The van der Waals surface area contributed by atoms with Gasteiger partial charge in [0.15, 0.2) is 17.1 Å². The van der Waals surface area contributed by atoms with Gasteiger partial charge in [0.2, 0.25) is 5.91 Å². The van der Waals surface area contributed by atoms with Crippen molar-refractivity contribution in [1.82, 2.24) is 14.8 Å². The molecule has 0 aliphatic carbocycles. The number of nitrogens with zero attached hydrogens (tertiary/aromatic N) is 3. The maximum atomic E-state index is 12.4. The minimum atomic E-state index is -0.461. The molecule has 3 aromatic rings. The van der Waals surface area contributed by atoms with Gasteiger partial charge in [-0.05, 0) is 43.3 Å². The Hall–Kier alpha value is -1.90. The van der Waals surface area contributed by atoms with Crippen LogP contribution in [0.15, 0.2) is 54.2 Å². The van der Waals surface area contributed by atoms with Crippen molar-refractivity contribution in [3.63, 3.8) is 0 Å². The summed E-state index contributed by atoms with van der Waals surface area (Å²) in [6, 6.07) is 9.84. The van der Waals surface area contributed by atoms with Gasteiger partial charge in [-0.25, -0.2) is 0 Å². The van der Waals surface area contributed by atoms with Crippen molar-refractivity contribution in [3.8, 4) is 5.75 Å². The van der Waals surface area contributed by atoms with E-state index in [0.29, 0.717) is 49.1 Å². The lowest BCUT2D eigenvalue weighted by Crippen LogP contribution is -2.16. The summed E-state index contributed by atoms with van der Waals surface area (Å²) in [5.74, 6) is 0.905. The first-order chi connectivity index (χ1) is 15.3. The predicted molar refractivity (Wildman–Crippen MR) is 132 cm³/mol. The third-order valence-electron chi connectivity index (χ3n) is 4.16. The number of aromatic nitrogens is 3. The predicted octanol–water partition coefficient (Wildman–Crippen LogP) is 6.95. The quantitative estimate of drug-likeness (QED) is 0.239. The molecule has 6 nitrogen and oxygen atoms in total. The third kappa shape index (κ3) is 6.33. The average molecular weight is 532 g/mol. The first-order valence-electron chi connectivity index (χ1n) is 9.32. The number of hydrogen-bond acceptors (Lipinski definition) is 5. The molecule has 0 aliphatic heterocycles. The van der Waals surface area contributed by atoms with E-state index in [1.54, 1.807) is 42.5 Å². The summed E-state index contributed by atoms with van der Waals surface area (Å²) in [6.07, 6.45) is 1.25. The second-order valence-corrected chi connectivity index (χ2v) is 9.17. The molecule has 168 valence electrons. The van der Waals surface area contributed by atoms with Crippen LogP contribution < -0.4 is 10.1 Å². The van der Waals surface area contributed by atoms with Gasteiger partial charge in [0.25, 0.3) is 0 Å². The molecule has 1 unspecified atom stereocenters. The van der Waals surface area contributed by atoms with Gasteiger partial charge in [-0.3, -0.25) is 9.36 Å². The fourth-order valence-corrected chi connectivity index (χ4v) is 4.39. The van der Waals surface area contributed by atoms with E-state index in [-0.39, 0.29) is 11.7 Å². The van der Waals surface area contributed by atoms with Crippen LogP contribution in [-0.2, 0) is 11.3 Å². The van der Waals surface area contributed by atoms with Crippen LogP contribution in [0.25, 0.3) is 0 Å². The molecule has 0 bridgehead atoms. The summed E-state index contributed by atoms with van der Waals surface area (Å²) in [5, 5.41) is 13.5. The Kier molecular flexibility index (Phi) is 8.73. The fraction of sp³-hybridized carbons (Fsp3) is 0.190. The van der Waals surface area contributed by atoms with E-state index in [1.165, 1.54) is 11.8 Å². The molecule has 3 rings (SSSR count). The number of amides is 1. The van der Waals surface area contributed by atoms with Crippen molar-refractivity contribution in [2.24, 2.45) is 0 Å². The molecule has 32 heavy (non-hydrogen) atoms. The fourth-order valence-electron chi connectivity index (χ4n) is 2.73. The second-order valence-electron chi connectivity index (χ2n) is 6.54. The van der Waals surface area contributed by atoms with E-state index in [2.05, 4.69) is 22.1 Å². The van der Waals surface area contributed by atoms with Crippen LogP contribution >= 0.6 is 58.2 Å². The molecule has 1 amide bonds. The summed E-state index contributed by atoms with van der Waals surface area (Å²) in [6.45, 7) is 6.06. The molecule has 1 heterocycles. The molecule has 0 spiro atoms. The highest BCUT2D eigenvalue weighted by atomic mass is 35.5. The van der Waals surface area contributed by atoms with Crippen molar-refractivity contribution in [3.05, 3.63) is 75.0 Å². The van der Waals surface area contributed by atoms with Gasteiger partial charge in [-0.2, -0.15) is 0 Å².